The van der Waals surface area contributed by atoms with E-state index < -0.39 is 0 Å². The fourth-order valence-corrected chi connectivity index (χ4v) is 7.31. The van der Waals surface area contributed by atoms with Gasteiger partial charge in [-0.05, 0) is 78.0 Å². The lowest BCUT2D eigenvalue weighted by Crippen LogP contribution is -2.56. The first-order valence-corrected chi connectivity index (χ1v) is 13.7. The molecule has 2 atom stereocenters. The molecule has 4 aliphatic heterocycles. The van der Waals surface area contributed by atoms with Crippen LogP contribution in [0.3, 0.4) is 0 Å². The molecule has 0 aromatic carbocycles. The molecule has 1 saturated carbocycles. The largest absolute Gasteiger partial charge is 0.348 e. The van der Waals surface area contributed by atoms with E-state index in [4.69, 9.17) is 0 Å². The Morgan fingerprint density at radius 3 is 2.36 bits per heavy atom. The van der Waals surface area contributed by atoms with E-state index in [2.05, 4.69) is 34.1 Å². The van der Waals surface area contributed by atoms with E-state index in [1.165, 1.54) is 51.5 Å². The summed E-state index contributed by atoms with van der Waals surface area (Å²) in [6.45, 7) is 6.21. The number of carbonyl (C=O) groups excluding carboxylic acids is 2. The lowest BCUT2D eigenvalue weighted by molar-refractivity contribution is -0.135. The second kappa shape index (κ2) is 9.82. The fourth-order valence-electron chi connectivity index (χ4n) is 7.31. The molecule has 5 rings (SSSR count). The van der Waals surface area contributed by atoms with Crippen LogP contribution in [-0.2, 0) is 9.59 Å². The molecule has 0 aromatic heterocycles. The minimum atomic E-state index is -0.322. The van der Waals surface area contributed by atoms with Crippen LogP contribution in [0.2, 0.25) is 0 Å². The van der Waals surface area contributed by atoms with Crippen LogP contribution in [0.5, 0.6) is 0 Å². The molecule has 4 heterocycles. The zero-order chi connectivity index (χ0) is 23.0. The van der Waals surface area contributed by atoms with Crippen LogP contribution >= 0.6 is 0 Å². The number of amides is 2. The highest BCUT2D eigenvalue weighted by Crippen LogP contribution is 2.35. The average Bonchev–Trinajstić information content (AvgIpc) is 3.24. The third-order valence-electron chi connectivity index (χ3n) is 9.67. The van der Waals surface area contributed by atoms with Crippen molar-refractivity contribution in [1.29, 1.82) is 0 Å². The molecule has 7 heteroatoms. The molecule has 7 nitrogen and oxygen atoms in total. The Hall–Kier alpha value is -1.18. The monoisotopic (exact) mass is 459 g/mol. The lowest BCUT2D eigenvalue weighted by Gasteiger charge is -2.42. The predicted molar refractivity (Wildman–Crippen MR) is 130 cm³/mol. The van der Waals surface area contributed by atoms with E-state index in [0.717, 1.165) is 51.4 Å². The maximum Gasteiger partial charge on any atom is 0.243 e. The zero-order valence-electron chi connectivity index (χ0n) is 20.9. The van der Waals surface area contributed by atoms with Crippen molar-refractivity contribution in [2.24, 2.45) is 5.92 Å². The molecule has 186 valence electrons. The summed E-state index contributed by atoms with van der Waals surface area (Å²) in [7, 11) is 4.40. The highest BCUT2D eigenvalue weighted by Gasteiger charge is 2.50. The second-order valence-corrected chi connectivity index (χ2v) is 11.9. The van der Waals surface area contributed by atoms with E-state index in [1.54, 1.807) is 0 Å². The van der Waals surface area contributed by atoms with Gasteiger partial charge in [-0.15, -0.1) is 0 Å². The van der Waals surface area contributed by atoms with E-state index in [-0.39, 0.29) is 23.4 Å². The third kappa shape index (κ3) is 5.10. The normalized spacial score (nSPS) is 32.9. The van der Waals surface area contributed by atoms with Gasteiger partial charge in [0.2, 0.25) is 11.8 Å². The minimum Gasteiger partial charge on any atom is -0.348 e. The van der Waals surface area contributed by atoms with Crippen molar-refractivity contribution in [1.82, 2.24) is 24.9 Å². The summed E-state index contributed by atoms with van der Waals surface area (Å²) in [5.41, 5.74) is -0.322. The van der Waals surface area contributed by atoms with Crippen molar-refractivity contribution < 1.29 is 9.59 Å². The molecule has 0 unspecified atom stereocenters. The van der Waals surface area contributed by atoms with E-state index in [1.807, 2.05) is 4.90 Å². The van der Waals surface area contributed by atoms with E-state index in [0.29, 0.717) is 25.0 Å². The van der Waals surface area contributed by atoms with Crippen molar-refractivity contribution in [3.8, 4) is 0 Å². The molecule has 1 spiro atoms. The van der Waals surface area contributed by atoms with Crippen molar-refractivity contribution in [3.05, 3.63) is 0 Å². The first-order chi connectivity index (χ1) is 15.9. The summed E-state index contributed by atoms with van der Waals surface area (Å²) in [5, 5.41) is 3.41. The van der Waals surface area contributed by atoms with Gasteiger partial charge < -0.3 is 20.0 Å². The Kier molecular flexibility index (Phi) is 7.01. The summed E-state index contributed by atoms with van der Waals surface area (Å²) in [6, 6.07) is 0.577. The Labute approximate surface area is 200 Å². The van der Waals surface area contributed by atoms with Crippen LogP contribution in [0.25, 0.3) is 0 Å². The maximum atomic E-state index is 13.4. The number of likely N-dealkylation sites (N-methyl/N-ethyl adjacent to an activating group) is 1. The topological polar surface area (TPSA) is 59.1 Å². The van der Waals surface area contributed by atoms with E-state index in [9.17, 15) is 9.59 Å². The number of hydrogen-bond donors (Lipinski definition) is 1. The van der Waals surface area contributed by atoms with Crippen LogP contribution in [0, 0.1) is 5.92 Å². The summed E-state index contributed by atoms with van der Waals surface area (Å²) in [6.07, 6.45) is 12.4. The molecule has 5 aliphatic rings. The van der Waals surface area contributed by atoms with Gasteiger partial charge in [-0.3, -0.25) is 14.5 Å². The SMILES string of the molecule is CN1CCC(N(C)[C@H]2C[C@H]3C(=O)NC4(CCN(CC5CCCCC5)CC4)CC(=O)N3C2)CC1. The third-order valence-corrected chi connectivity index (χ3v) is 9.67. The average molecular weight is 460 g/mol. The summed E-state index contributed by atoms with van der Waals surface area (Å²) in [5.74, 6) is 1.14. The quantitative estimate of drug-likeness (QED) is 0.696. The smallest absolute Gasteiger partial charge is 0.243 e. The molecular formula is C26H45N5O2. The van der Waals surface area contributed by atoms with Crippen molar-refractivity contribution in [3.63, 3.8) is 0 Å². The number of hydrogen-bond acceptors (Lipinski definition) is 5. The number of fused-ring (bicyclic) bond motifs is 1. The number of nitrogens with one attached hydrogen (secondary N) is 1. The van der Waals surface area contributed by atoms with E-state index >= 15 is 0 Å². The van der Waals surface area contributed by atoms with Gasteiger partial charge in [-0.25, -0.2) is 0 Å². The lowest BCUT2D eigenvalue weighted by atomic mass is 9.82. The van der Waals surface area contributed by atoms with Gasteiger partial charge in [0, 0.05) is 38.3 Å². The molecule has 1 N–H and O–H groups in total. The first kappa shape index (κ1) is 23.6. The number of likely N-dealkylation sites (tertiary alicyclic amines) is 2. The Bertz CT molecular complexity index is 679. The summed E-state index contributed by atoms with van der Waals surface area (Å²) >= 11 is 0. The Balaban J connectivity index is 1.17. The maximum absolute atomic E-state index is 13.4. The molecular weight excluding hydrogens is 414 g/mol. The van der Waals surface area contributed by atoms with Crippen molar-refractivity contribution in [2.75, 3.05) is 53.4 Å². The zero-order valence-corrected chi connectivity index (χ0v) is 20.9. The van der Waals surface area contributed by atoms with Gasteiger partial charge in [0.05, 0.1) is 12.0 Å². The number of rotatable bonds is 4. The molecule has 2 amide bonds. The molecule has 0 bridgehead atoms. The molecule has 4 saturated heterocycles. The van der Waals surface area contributed by atoms with Crippen molar-refractivity contribution >= 4 is 11.8 Å². The van der Waals surface area contributed by atoms with Crippen LogP contribution in [0.4, 0.5) is 0 Å². The first-order valence-electron chi connectivity index (χ1n) is 13.7. The highest BCUT2D eigenvalue weighted by atomic mass is 16.2. The summed E-state index contributed by atoms with van der Waals surface area (Å²) < 4.78 is 0. The molecule has 1 aliphatic carbocycles. The van der Waals surface area contributed by atoms with Gasteiger partial charge in [0.25, 0.3) is 0 Å². The molecule has 5 fully saturated rings. The molecule has 0 aromatic rings. The number of nitrogens with zero attached hydrogens (tertiary/aromatic N) is 4. The van der Waals surface area contributed by atoms with Gasteiger partial charge in [0.15, 0.2) is 0 Å². The Morgan fingerprint density at radius 1 is 0.970 bits per heavy atom. The van der Waals surface area contributed by atoms with Crippen LogP contribution in [0.1, 0.15) is 70.6 Å². The standard InChI is InChI=1S/C26H45N5O2/c1-28-12-8-21(9-13-28)29(2)22-16-23-25(33)27-26(17-24(32)31(23)19-22)10-14-30(15-11-26)18-20-6-4-3-5-7-20/h20-23H,3-19H2,1-2H3,(H,27,33)/t22-,23-/m0/s1. The molecule has 0 radical (unpaired) electrons. The molecule has 33 heavy (non-hydrogen) atoms. The Morgan fingerprint density at radius 2 is 1.67 bits per heavy atom. The van der Waals surface area contributed by atoms with Crippen LogP contribution in [-0.4, -0.2) is 108 Å². The number of carbonyl (C=O) groups is 2. The highest BCUT2D eigenvalue weighted by molar-refractivity contribution is 5.92. The van der Waals surface area contributed by atoms with Gasteiger partial charge >= 0.3 is 0 Å². The van der Waals surface area contributed by atoms with Crippen LogP contribution < -0.4 is 5.32 Å². The minimum absolute atomic E-state index is 0.0980. The predicted octanol–water partition coefficient (Wildman–Crippen LogP) is 1.92. The van der Waals surface area contributed by atoms with Crippen molar-refractivity contribution in [2.45, 2.75) is 94.3 Å². The second-order valence-electron chi connectivity index (χ2n) is 11.9. The van der Waals surface area contributed by atoms with Crippen LogP contribution in [0.15, 0.2) is 0 Å². The fraction of sp³-hybridized carbons (Fsp3) is 0.923. The summed E-state index contributed by atoms with van der Waals surface area (Å²) in [4.78, 5) is 36.1. The van der Waals surface area contributed by atoms with Gasteiger partial charge in [-0.1, -0.05) is 19.3 Å². The number of piperidine rings is 2. The van der Waals surface area contributed by atoms with Gasteiger partial charge in [0.1, 0.15) is 6.04 Å². The van der Waals surface area contributed by atoms with Gasteiger partial charge in [-0.2, -0.15) is 0 Å².